The molecule has 0 aromatic heterocycles. The van der Waals surface area contributed by atoms with E-state index in [0.29, 0.717) is 12.2 Å². The summed E-state index contributed by atoms with van der Waals surface area (Å²) in [4.78, 5) is 12.1. The third-order valence-corrected chi connectivity index (χ3v) is 3.66. The summed E-state index contributed by atoms with van der Waals surface area (Å²) >= 11 is 0. The summed E-state index contributed by atoms with van der Waals surface area (Å²) in [5.41, 5.74) is 7.57. The van der Waals surface area contributed by atoms with Crippen LogP contribution in [0.1, 0.15) is 91.4 Å². The smallest absolute Gasteiger partial charge is 0.335 e. The molecule has 0 aliphatic heterocycles. The van der Waals surface area contributed by atoms with Gasteiger partial charge in [0.15, 0.2) is 0 Å². The Bertz CT molecular complexity index is 298. The van der Waals surface area contributed by atoms with Crippen molar-refractivity contribution in [2.24, 2.45) is 5.73 Å². The van der Waals surface area contributed by atoms with Gasteiger partial charge in [-0.15, -0.1) is 0 Å². The highest BCUT2D eigenvalue weighted by Crippen LogP contribution is 2.16. The quantitative estimate of drug-likeness (QED) is 0.292. The minimum absolute atomic E-state index is 0.193. The van der Waals surface area contributed by atoms with Crippen LogP contribution in [0.5, 0.6) is 0 Å². The molecule has 0 heterocycles. The highest BCUT2D eigenvalue weighted by Gasteiger charge is 2.14. The van der Waals surface area contributed by atoms with E-state index in [2.05, 4.69) is 20.8 Å². The molecule has 0 aliphatic rings. The second kappa shape index (κ2) is 14.0. The molecule has 0 spiro atoms. The molecule has 0 atom stereocenters. The molecule has 0 radical (unpaired) electrons. The van der Waals surface area contributed by atoms with E-state index < -0.39 is 0 Å². The van der Waals surface area contributed by atoms with Crippen molar-refractivity contribution in [3.63, 3.8) is 0 Å². The normalized spacial score (nSPS) is 12.1. The number of ether oxygens (including phenoxy) is 1. The Balaban J connectivity index is 4.25. The van der Waals surface area contributed by atoms with Crippen molar-refractivity contribution in [2.45, 2.75) is 91.4 Å². The van der Waals surface area contributed by atoms with E-state index in [4.69, 9.17) is 10.5 Å². The average molecular weight is 297 g/mol. The Hall–Kier alpha value is -0.990. The summed E-state index contributed by atoms with van der Waals surface area (Å²) in [6.07, 6.45) is 11.7. The minimum Gasteiger partial charge on any atom is -0.462 e. The van der Waals surface area contributed by atoms with Crippen molar-refractivity contribution in [3.05, 3.63) is 11.3 Å². The number of allylic oxidation sites excluding steroid dienone is 1. The molecule has 0 fully saturated rings. The molecule has 21 heavy (non-hydrogen) atoms. The number of esters is 1. The van der Waals surface area contributed by atoms with E-state index in [9.17, 15) is 4.79 Å². The number of unbranched alkanes of at least 4 members (excludes halogenated alkanes) is 6. The van der Waals surface area contributed by atoms with E-state index in [1.54, 1.807) is 0 Å². The predicted molar refractivity (Wildman–Crippen MR) is 90.0 cm³/mol. The molecule has 0 saturated carbocycles. The molecule has 0 aliphatic carbocycles. The van der Waals surface area contributed by atoms with E-state index in [-0.39, 0.29) is 5.97 Å². The first kappa shape index (κ1) is 20.0. The van der Waals surface area contributed by atoms with Gasteiger partial charge in [-0.05, 0) is 25.7 Å². The maximum atomic E-state index is 12.1. The zero-order chi connectivity index (χ0) is 15.9. The van der Waals surface area contributed by atoms with Crippen molar-refractivity contribution >= 4 is 5.97 Å². The standard InChI is InChI=1S/C18H35NO2/c1-4-7-9-11-14-17(19)16(13-6-3)18(20)21-15-12-10-8-5-2/h4-15,19H2,1-3H3. The Kier molecular flexibility index (Phi) is 13.3. The van der Waals surface area contributed by atoms with Gasteiger partial charge in [-0.25, -0.2) is 4.79 Å². The Morgan fingerprint density at radius 1 is 0.810 bits per heavy atom. The lowest BCUT2D eigenvalue weighted by Gasteiger charge is -2.11. The number of nitrogens with two attached hydrogens (primary N) is 1. The maximum Gasteiger partial charge on any atom is 0.335 e. The summed E-state index contributed by atoms with van der Waals surface area (Å²) in [6.45, 7) is 6.96. The van der Waals surface area contributed by atoms with Crippen molar-refractivity contribution < 1.29 is 9.53 Å². The van der Waals surface area contributed by atoms with Crippen LogP contribution in [0.2, 0.25) is 0 Å². The van der Waals surface area contributed by atoms with Crippen LogP contribution in [0.3, 0.4) is 0 Å². The van der Waals surface area contributed by atoms with Crippen LogP contribution < -0.4 is 5.73 Å². The fourth-order valence-corrected chi connectivity index (χ4v) is 2.32. The SMILES string of the molecule is CCCCCCOC(=O)C(CCC)=C(N)CCCCCC. The molecule has 0 rings (SSSR count). The minimum atomic E-state index is -0.193. The second-order valence-corrected chi connectivity index (χ2v) is 5.76. The lowest BCUT2D eigenvalue weighted by atomic mass is 10.0. The number of carbonyl (C=O) groups is 1. The average Bonchev–Trinajstić information content (AvgIpc) is 2.48. The molecule has 3 nitrogen and oxygen atoms in total. The highest BCUT2D eigenvalue weighted by molar-refractivity contribution is 5.89. The fourth-order valence-electron chi connectivity index (χ4n) is 2.32. The number of hydrogen-bond acceptors (Lipinski definition) is 3. The van der Waals surface area contributed by atoms with Gasteiger partial charge >= 0.3 is 5.97 Å². The molecule has 0 aromatic carbocycles. The molecular formula is C18H35NO2. The van der Waals surface area contributed by atoms with Gasteiger partial charge in [0.1, 0.15) is 0 Å². The van der Waals surface area contributed by atoms with Crippen LogP contribution in [0.4, 0.5) is 0 Å². The van der Waals surface area contributed by atoms with Crippen molar-refractivity contribution in [2.75, 3.05) is 6.61 Å². The summed E-state index contributed by atoms with van der Waals surface area (Å²) in [5, 5.41) is 0. The van der Waals surface area contributed by atoms with Crippen LogP contribution in [0, 0.1) is 0 Å². The largest absolute Gasteiger partial charge is 0.462 e. The van der Waals surface area contributed by atoms with E-state index in [1.807, 2.05) is 0 Å². The molecular weight excluding hydrogens is 262 g/mol. The van der Waals surface area contributed by atoms with Gasteiger partial charge in [0, 0.05) is 5.70 Å². The predicted octanol–water partition coefficient (Wildman–Crippen LogP) is 5.09. The van der Waals surface area contributed by atoms with Gasteiger partial charge in [0.2, 0.25) is 0 Å². The zero-order valence-electron chi connectivity index (χ0n) is 14.4. The van der Waals surface area contributed by atoms with Crippen LogP contribution >= 0.6 is 0 Å². The summed E-state index contributed by atoms with van der Waals surface area (Å²) in [6, 6.07) is 0. The molecule has 3 heteroatoms. The molecule has 0 aromatic rings. The van der Waals surface area contributed by atoms with Crippen LogP contribution in [-0.2, 0) is 9.53 Å². The number of hydrogen-bond donors (Lipinski definition) is 1. The summed E-state index contributed by atoms with van der Waals surface area (Å²) in [7, 11) is 0. The van der Waals surface area contributed by atoms with Crippen molar-refractivity contribution in [1.82, 2.24) is 0 Å². The first-order chi connectivity index (χ1) is 10.2. The van der Waals surface area contributed by atoms with Gasteiger partial charge in [0.05, 0.1) is 12.2 Å². The van der Waals surface area contributed by atoms with Gasteiger partial charge in [-0.2, -0.15) is 0 Å². The van der Waals surface area contributed by atoms with Gasteiger partial charge in [-0.3, -0.25) is 0 Å². The molecule has 0 bridgehead atoms. The first-order valence-electron chi connectivity index (χ1n) is 8.81. The lowest BCUT2D eigenvalue weighted by molar-refractivity contribution is -0.139. The highest BCUT2D eigenvalue weighted by atomic mass is 16.5. The molecule has 0 saturated heterocycles. The number of carbonyl (C=O) groups excluding carboxylic acids is 1. The molecule has 0 amide bonds. The Morgan fingerprint density at radius 2 is 1.43 bits per heavy atom. The maximum absolute atomic E-state index is 12.1. The van der Waals surface area contributed by atoms with Crippen LogP contribution in [0.15, 0.2) is 11.3 Å². The van der Waals surface area contributed by atoms with Gasteiger partial charge < -0.3 is 10.5 Å². The van der Waals surface area contributed by atoms with Gasteiger partial charge in [0.25, 0.3) is 0 Å². The van der Waals surface area contributed by atoms with E-state index in [1.165, 1.54) is 32.1 Å². The second-order valence-electron chi connectivity index (χ2n) is 5.76. The molecule has 2 N–H and O–H groups in total. The van der Waals surface area contributed by atoms with E-state index in [0.717, 1.165) is 44.2 Å². The molecule has 0 unspecified atom stereocenters. The zero-order valence-corrected chi connectivity index (χ0v) is 14.4. The Labute approximate surface area is 131 Å². The van der Waals surface area contributed by atoms with E-state index >= 15 is 0 Å². The monoisotopic (exact) mass is 297 g/mol. The number of rotatable bonds is 13. The third kappa shape index (κ3) is 10.4. The van der Waals surface area contributed by atoms with Crippen molar-refractivity contribution in [3.8, 4) is 0 Å². The Morgan fingerprint density at radius 3 is 2.00 bits per heavy atom. The van der Waals surface area contributed by atoms with Gasteiger partial charge in [-0.1, -0.05) is 65.7 Å². The van der Waals surface area contributed by atoms with Crippen LogP contribution in [-0.4, -0.2) is 12.6 Å². The summed E-state index contributed by atoms with van der Waals surface area (Å²) in [5.74, 6) is -0.193. The third-order valence-electron chi connectivity index (χ3n) is 3.66. The summed E-state index contributed by atoms with van der Waals surface area (Å²) < 4.78 is 5.38. The van der Waals surface area contributed by atoms with Crippen LogP contribution in [0.25, 0.3) is 0 Å². The topological polar surface area (TPSA) is 52.3 Å². The first-order valence-corrected chi connectivity index (χ1v) is 8.81. The molecule has 124 valence electrons. The lowest BCUT2D eigenvalue weighted by Crippen LogP contribution is -2.15. The fraction of sp³-hybridized carbons (Fsp3) is 0.833. The van der Waals surface area contributed by atoms with Crippen molar-refractivity contribution in [1.29, 1.82) is 0 Å².